The Morgan fingerprint density at radius 1 is 1.11 bits per heavy atom. The van der Waals surface area contributed by atoms with Crippen LogP contribution in [0.25, 0.3) is 10.9 Å². The van der Waals surface area contributed by atoms with Crippen LogP contribution < -0.4 is 0 Å². The van der Waals surface area contributed by atoms with Gasteiger partial charge < -0.3 is 4.57 Å². The van der Waals surface area contributed by atoms with Gasteiger partial charge in [0.2, 0.25) is 0 Å². The monoisotopic (exact) mass is 361 g/mol. The third-order valence-electron chi connectivity index (χ3n) is 5.93. The number of unbranched alkanes of at least 4 members (excludes halogenated alkanes) is 1. The van der Waals surface area contributed by atoms with E-state index in [9.17, 15) is 0 Å². The van der Waals surface area contributed by atoms with Gasteiger partial charge in [-0.2, -0.15) is 0 Å². The minimum absolute atomic E-state index is 0.578. The Hall–Kier alpha value is -2.13. The van der Waals surface area contributed by atoms with Crippen LogP contribution in [0.5, 0.6) is 0 Å². The minimum Gasteiger partial charge on any atom is -0.344 e. The Labute approximate surface area is 163 Å². The number of aryl methyl sites for hydroxylation is 3. The highest BCUT2D eigenvalue weighted by atomic mass is 15.1. The number of nitrogens with zero attached hydrogens (tertiary/aromatic N) is 3. The minimum atomic E-state index is 0.578. The van der Waals surface area contributed by atoms with Crippen LogP contribution in [0.1, 0.15) is 55.1 Å². The molecule has 0 saturated heterocycles. The number of pyridine rings is 1. The maximum atomic E-state index is 4.47. The van der Waals surface area contributed by atoms with E-state index in [0.29, 0.717) is 5.92 Å². The summed E-state index contributed by atoms with van der Waals surface area (Å²) in [4.78, 5) is 7.12. The molecule has 0 bridgehead atoms. The standard InChI is InChI=1S/C24H31N3/c1-4-5-13-26-16-18(2)24-22(17-26)21-8-6-7-9-23(21)27(24)14-12-20-11-10-19(3)25-15-20/h6-11,15,18H,4-5,12-14,16-17H2,1-3H3. The molecule has 1 atom stereocenters. The van der Waals surface area contributed by atoms with Crippen molar-refractivity contribution in [3.05, 3.63) is 65.1 Å². The topological polar surface area (TPSA) is 21.1 Å². The molecule has 1 unspecified atom stereocenters. The lowest BCUT2D eigenvalue weighted by molar-refractivity contribution is 0.228. The number of hydrogen-bond acceptors (Lipinski definition) is 2. The van der Waals surface area contributed by atoms with Gasteiger partial charge in [0.15, 0.2) is 0 Å². The van der Waals surface area contributed by atoms with Gasteiger partial charge in [-0.25, -0.2) is 0 Å². The van der Waals surface area contributed by atoms with Crippen molar-refractivity contribution in [3.63, 3.8) is 0 Å². The van der Waals surface area contributed by atoms with Gasteiger partial charge in [-0.15, -0.1) is 0 Å². The van der Waals surface area contributed by atoms with E-state index in [4.69, 9.17) is 0 Å². The van der Waals surface area contributed by atoms with E-state index in [1.807, 2.05) is 13.1 Å². The summed E-state index contributed by atoms with van der Waals surface area (Å²) in [5.74, 6) is 0.578. The van der Waals surface area contributed by atoms with Crippen molar-refractivity contribution in [2.75, 3.05) is 13.1 Å². The van der Waals surface area contributed by atoms with E-state index in [2.05, 4.69) is 64.7 Å². The molecule has 1 aromatic carbocycles. The van der Waals surface area contributed by atoms with Crippen molar-refractivity contribution < 1.29 is 0 Å². The van der Waals surface area contributed by atoms with Gasteiger partial charge in [-0.05, 0) is 49.6 Å². The Morgan fingerprint density at radius 3 is 2.74 bits per heavy atom. The number of para-hydroxylation sites is 1. The molecule has 27 heavy (non-hydrogen) atoms. The third-order valence-corrected chi connectivity index (χ3v) is 5.93. The Morgan fingerprint density at radius 2 is 1.96 bits per heavy atom. The fourth-order valence-corrected chi connectivity index (χ4v) is 4.57. The second-order valence-electron chi connectivity index (χ2n) is 8.08. The highest BCUT2D eigenvalue weighted by molar-refractivity contribution is 5.86. The second kappa shape index (κ2) is 7.85. The molecule has 3 heterocycles. The molecule has 3 nitrogen and oxygen atoms in total. The average Bonchev–Trinajstić information content (AvgIpc) is 3.00. The summed E-state index contributed by atoms with van der Waals surface area (Å²) in [6.07, 6.45) is 5.62. The molecule has 1 aliphatic rings. The molecular formula is C24H31N3. The molecule has 0 radical (unpaired) electrons. The number of fused-ring (bicyclic) bond motifs is 3. The molecule has 4 rings (SSSR count). The van der Waals surface area contributed by atoms with Gasteiger partial charge >= 0.3 is 0 Å². The quantitative estimate of drug-likeness (QED) is 0.593. The highest BCUT2D eigenvalue weighted by Gasteiger charge is 2.28. The van der Waals surface area contributed by atoms with Crippen molar-refractivity contribution in [1.82, 2.24) is 14.5 Å². The van der Waals surface area contributed by atoms with Crippen molar-refractivity contribution >= 4 is 10.9 Å². The van der Waals surface area contributed by atoms with E-state index < -0.39 is 0 Å². The SMILES string of the molecule is CCCCN1Cc2c(n(CCc3ccc(C)nc3)c3ccccc23)C(C)C1. The van der Waals surface area contributed by atoms with Gasteiger partial charge in [-0.3, -0.25) is 9.88 Å². The third kappa shape index (κ3) is 3.66. The van der Waals surface area contributed by atoms with Crippen molar-refractivity contribution in [2.24, 2.45) is 0 Å². The number of hydrogen-bond donors (Lipinski definition) is 0. The summed E-state index contributed by atoms with van der Waals surface area (Å²) in [6.45, 7) is 11.2. The van der Waals surface area contributed by atoms with Gasteiger partial charge in [0.1, 0.15) is 0 Å². The Bertz CT molecular complexity index is 907. The maximum absolute atomic E-state index is 4.47. The summed E-state index contributed by atoms with van der Waals surface area (Å²) in [5, 5.41) is 1.45. The van der Waals surface area contributed by atoms with Crippen LogP contribution in [-0.4, -0.2) is 27.5 Å². The first-order valence-electron chi connectivity index (χ1n) is 10.4. The molecule has 0 saturated carbocycles. The predicted molar refractivity (Wildman–Crippen MR) is 113 cm³/mol. The van der Waals surface area contributed by atoms with Gasteiger partial charge in [0, 0.05) is 54.0 Å². The van der Waals surface area contributed by atoms with Crippen molar-refractivity contribution in [3.8, 4) is 0 Å². The molecule has 0 N–H and O–H groups in total. The molecule has 142 valence electrons. The highest BCUT2D eigenvalue weighted by Crippen LogP contribution is 2.36. The predicted octanol–water partition coefficient (Wildman–Crippen LogP) is 5.31. The molecule has 2 aromatic heterocycles. The normalized spacial score (nSPS) is 17.4. The lowest BCUT2D eigenvalue weighted by Gasteiger charge is -2.32. The van der Waals surface area contributed by atoms with E-state index in [1.54, 1.807) is 11.3 Å². The number of rotatable bonds is 6. The van der Waals surface area contributed by atoms with E-state index >= 15 is 0 Å². The fourth-order valence-electron chi connectivity index (χ4n) is 4.57. The largest absolute Gasteiger partial charge is 0.344 e. The second-order valence-corrected chi connectivity index (χ2v) is 8.08. The van der Waals surface area contributed by atoms with Crippen LogP contribution >= 0.6 is 0 Å². The number of aromatic nitrogens is 2. The van der Waals surface area contributed by atoms with Gasteiger partial charge in [-0.1, -0.05) is 44.5 Å². The summed E-state index contributed by atoms with van der Waals surface area (Å²) in [6, 6.07) is 13.3. The zero-order chi connectivity index (χ0) is 18.8. The summed E-state index contributed by atoms with van der Waals surface area (Å²) in [7, 11) is 0. The van der Waals surface area contributed by atoms with Crippen LogP contribution in [0.2, 0.25) is 0 Å². The summed E-state index contributed by atoms with van der Waals surface area (Å²) >= 11 is 0. The molecular weight excluding hydrogens is 330 g/mol. The van der Waals surface area contributed by atoms with E-state index in [0.717, 1.165) is 25.2 Å². The van der Waals surface area contributed by atoms with Crippen LogP contribution in [0, 0.1) is 6.92 Å². The van der Waals surface area contributed by atoms with Crippen LogP contribution in [0.3, 0.4) is 0 Å². The molecule has 0 amide bonds. The molecule has 3 aromatic rings. The molecule has 0 fully saturated rings. The smallest absolute Gasteiger partial charge is 0.0486 e. The Kier molecular flexibility index (Phi) is 5.31. The molecule has 0 spiro atoms. The van der Waals surface area contributed by atoms with E-state index in [1.165, 1.54) is 42.4 Å². The van der Waals surface area contributed by atoms with Crippen LogP contribution in [0.4, 0.5) is 0 Å². The lowest BCUT2D eigenvalue weighted by atomic mass is 9.96. The first-order valence-corrected chi connectivity index (χ1v) is 10.4. The van der Waals surface area contributed by atoms with E-state index in [-0.39, 0.29) is 0 Å². The number of benzene rings is 1. The zero-order valence-corrected chi connectivity index (χ0v) is 16.9. The van der Waals surface area contributed by atoms with Crippen LogP contribution in [-0.2, 0) is 19.5 Å². The van der Waals surface area contributed by atoms with Gasteiger partial charge in [0.25, 0.3) is 0 Å². The fraction of sp³-hybridized carbons (Fsp3) is 0.458. The first-order chi connectivity index (χ1) is 13.2. The average molecular weight is 362 g/mol. The van der Waals surface area contributed by atoms with Gasteiger partial charge in [0.05, 0.1) is 0 Å². The molecule has 1 aliphatic heterocycles. The Balaban J connectivity index is 1.67. The summed E-state index contributed by atoms with van der Waals surface area (Å²) in [5.41, 5.74) is 6.92. The lowest BCUT2D eigenvalue weighted by Crippen LogP contribution is -2.34. The first kappa shape index (κ1) is 18.2. The summed E-state index contributed by atoms with van der Waals surface area (Å²) < 4.78 is 2.59. The van der Waals surface area contributed by atoms with Crippen molar-refractivity contribution in [2.45, 2.75) is 59.0 Å². The van der Waals surface area contributed by atoms with Crippen LogP contribution in [0.15, 0.2) is 42.6 Å². The zero-order valence-electron chi connectivity index (χ0n) is 16.9. The maximum Gasteiger partial charge on any atom is 0.0486 e. The molecule has 3 heteroatoms. The van der Waals surface area contributed by atoms with Crippen molar-refractivity contribution in [1.29, 1.82) is 0 Å². The molecule has 0 aliphatic carbocycles.